The lowest BCUT2D eigenvalue weighted by Gasteiger charge is -2.13. The van der Waals surface area contributed by atoms with Crippen molar-refractivity contribution in [2.75, 3.05) is 31.4 Å². The first kappa shape index (κ1) is 20.4. The number of aromatic nitrogens is 2. The van der Waals surface area contributed by atoms with Gasteiger partial charge in [-0.25, -0.2) is 9.07 Å². The van der Waals surface area contributed by atoms with Crippen molar-refractivity contribution < 1.29 is 13.9 Å². The average Bonchev–Trinajstić information content (AvgIpc) is 3.13. The number of amides is 1. The molecule has 1 heterocycles. The normalized spacial score (nSPS) is 10.6. The molecule has 0 aliphatic heterocycles. The number of aryl methyl sites for hydroxylation is 1. The molecule has 0 aliphatic carbocycles. The molecule has 7 heteroatoms. The Kier molecular flexibility index (Phi) is 6.49. The number of anilines is 2. The predicted octanol–water partition coefficient (Wildman–Crippen LogP) is 3.72. The molecule has 2 aromatic carbocycles. The van der Waals surface area contributed by atoms with E-state index in [1.165, 1.54) is 13.2 Å². The number of benzene rings is 2. The van der Waals surface area contributed by atoms with Crippen molar-refractivity contribution in [1.29, 1.82) is 0 Å². The summed E-state index contributed by atoms with van der Waals surface area (Å²) in [6.45, 7) is 0.556. The molecular formula is C22H25FN4O2. The van der Waals surface area contributed by atoms with Crippen LogP contribution >= 0.6 is 0 Å². The van der Waals surface area contributed by atoms with E-state index >= 15 is 0 Å². The zero-order chi connectivity index (χ0) is 20.8. The monoisotopic (exact) mass is 396 g/mol. The number of hydrogen-bond acceptors (Lipinski definition) is 4. The Morgan fingerprint density at radius 2 is 1.86 bits per heavy atom. The lowest BCUT2D eigenvalue weighted by Crippen LogP contribution is -2.16. The summed E-state index contributed by atoms with van der Waals surface area (Å²) >= 11 is 0. The zero-order valence-corrected chi connectivity index (χ0v) is 16.9. The van der Waals surface area contributed by atoms with Crippen LogP contribution in [0.5, 0.6) is 5.75 Å². The fourth-order valence-corrected chi connectivity index (χ4v) is 2.97. The molecule has 0 atom stereocenters. The van der Waals surface area contributed by atoms with Gasteiger partial charge < -0.3 is 15.0 Å². The summed E-state index contributed by atoms with van der Waals surface area (Å²) in [5.41, 5.74) is 2.95. The fourth-order valence-electron chi connectivity index (χ4n) is 2.97. The minimum absolute atomic E-state index is 0.147. The van der Waals surface area contributed by atoms with Crippen LogP contribution in [0.2, 0.25) is 0 Å². The van der Waals surface area contributed by atoms with Gasteiger partial charge in [-0.15, -0.1) is 0 Å². The second-order valence-electron chi connectivity index (χ2n) is 6.95. The SMILES string of the molecule is COc1ccc(CCC(=O)Nc2ccnn2Cc2ccc(N(C)C)cc2)cc1F. The number of carbonyl (C=O) groups is 1. The molecule has 29 heavy (non-hydrogen) atoms. The molecule has 1 amide bonds. The van der Waals surface area contributed by atoms with Gasteiger partial charge in [0.2, 0.25) is 5.91 Å². The second-order valence-corrected chi connectivity index (χ2v) is 6.95. The number of hydrogen-bond donors (Lipinski definition) is 1. The Bertz CT molecular complexity index is 967. The number of methoxy groups -OCH3 is 1. The van der Waals surface area contributed by atoms with Gasteiger partial charge in [-0.1, -0.05) is 18.2 Å². The van der Waals surface area contributed by atoms with Crippen molar-refractivity contribution >= 4 is 17.4 Å². The molecule has 6 nitrogen and oxygen atoms in total. The lowest BCUT2D eigenvalue weighted by atomic mass is 10.1. The van der Waals surface area contributed by atoms with Crippen LogP contribution in [0.4, 0.5) is 15.9 Å². The van der Waals surface area contributed by atoms with Crippen molar-refractivity contribution in [3.8, 4) is 5.75 Å². The molecule has 0 bridgehead atoms. The summed E-state index contributed by atoms with van der Waals surface area (Å²) in [5, 5.41) is 7.18. The smallest absolute Gasteiger partial charge is 0.225 e. The predicted molar refractivity (Wildman–Crippen MR) is 112 cm³/mol. The maximum absolute atomic E-state index is 13.8. The van der Waals surface area contributed by atoms with Crippen LogP contribution < -0.4 is 15.0 Å². The first-order chi connectivity index (χ1) is 14.0. The molecule has 3 aromatic rings. The van der Waals surface area contributed by atoms with Crippen LogP contribution in [-0.4, -0.2) is 36.9 Å². The summed E-state index contributed by atoms with van der Waals surface area (Å²) in [4.78, 5) is 14.4. The van der Waals surface area contributed by atoms with Crippen LogP contribution in [0.25, 0.3) is 0 Å². The van der Waals surface area contributed by atoms with Gasteiger partial charge in [0.15, 0.2) is 11.6 Å². The summed E-state index contributed by atoms with van der Waals surface area (Å²) in [6, 6.07) is 14.7. The fraction of sp³-hybridized carbons (Fsp3) is 0.273. The molecule has 1 N–H and O–H groups in total. The first-order valence-corrected chi connectivity index (χ1v) is 9.36. The Labute approximate surface area is 169 Å². The van der Waals surface area contributed by atoms with E-state index in [4.69, 9.17) is 4.74 Å². The highest BCUT2D eigenvalue weighted by molar-refractivity contribution is 5.89. The minimum Gasteiger partial charge on any atom is -0.494 e. The van der Waals surface area contributed by atoms with Crippen molar-refractivity contribution in [1.82, 2.24) is 9.78 Å². The van der Waals surface area contributed by atoms with Crippen LogP contribution in [-0.2, 0) is 17.8 Å². The summed E-state index contributed by atoms with van der Waals surface area (Å²) < 4.78 is 20.4. The maximum Gasteiger partial charge on any atom is 0.225 e. The van der Waals surface area contributed by atoms with E-state index in [0.717, 1.165) is 16.8 Å². The van der Waals surface area contributed by atoms with Gasteiger partial charge in [-0.3, -0.25) is 4.79 Å². The van der Waals surface area contributed by atoms with Gasteiger partial charge in [-0.2, -0.15) is 5.10 Å². The number of carbonyl (C=O) groups excluding carboxylic acids is 1. The van der Waals surface area contributed by atoms with Gasteiger partial charge >= 0.3 is 0 Å². The van der Waals surface area contributed by atoms with Crippen molar-refractivity contribution in [3.63, 3.8) is 0 Å². The summed E-state index contributed by atoms with van der Waals surface area (Å²) in [7, 11) is 5.41. The van der Waals surface area contributed by atoms with E-state index in [1.807, 2.05) is 43.3 Å². The summed E-state index contributed by atoms with van der Waals surface area (Å²) in [5.74, 6) is 0.253. The van der Waals surface area contributed by atoms with E-state index in [9.17, 15) is 9.18 Å². The molecule has 0 unspecified atom stereocenters. The van der Waals surface area contributed by atoms with Crippen LogP contribution in [0.15, 0.2) is 54.7 Å². The van der Waals surface area contributed by atoms with Gasteiger partial charge in [0, 0.05) is 32.3 Å². The highest BCUT2D eigenvalue weighted by Gasteiger charge is 2.10. The number of ether oxygens (including phenoxy) is 1. The third-order valence-corrected chi connectivity index (χ3v) is 4.63. The Hall–Kier alpha value is -3.35. The zero-order valence-electron chi connectivity index (χ0n) is 16.9. The summed E-state index contributed by atoms with van der Waals surface area (Å²) in [6.07, 6.45) is 2.34. The van der Waals surface area contributed by atoms with E-state index < -0.39 is 5.82 Å². The Balaban J connectivity index is 1.57. The molecule has 0 radical (unpaired) electrons. The Morgan fingerprint density at radius 1 is 1.14 bits per heavy atom. The molecule has 0 spiro atoms. The average molecular weight is 396 g/mol. The van der Waals surface area contributed by atoms with E-state index in [-0.39, 0.29) is 18.1 Å². The second kappa shape index (κ2) is 9.23. The molecular weight excluding hydrogens is 371 g/mol. The van der Waals surface area contributed by atoms with Crippen molar-refractivity contribution in [2.24, 2.45) is 0 Å². The van der Waals surface area contributed by atoms with Gasteiger partial charge in [0.25, 0.3) is 0 Å². The molecule has 0 saturated carbocycles. The van der Waals surface area contributed by atoms with Gasteiger partial charge in [-0.05, 0) is 41.8 Å². The molecule has 0 fully saturated rings. The highest BCUT2D eigenvalue weighted by atomic mass is 19.1. The van der Waals surface area contributed by atoms with Crippen LogP contribution in [0, 0.1) is 5.82 Å². The third kappa shape index (κ3) is 5.34. The van der Waals surface area contributed by atoms with E-state index in [0.29, 0.717) is 18.8 Å². The largest absolute Gasteiger partial charge is 0.494 e. The Morgan fingerprint density at radius 3 is 2.52 bits per heavy atom. The molecule has 152 valence electrons. The van der Waals surface area contributed by atoms with Crippen LogP contribution in [0.1, 0.15) is 17.5 Å². The van der Waals surface area contributed by atoms with E-state index in [1.54, 1.807) is 29.1 Å². The minimum atomic E-state index is -0.427. The number of rotatable bonds is 8. The number of nitrogens with zero attached hydrogens (tertiary/aromatic N) is 3. The van der Waals surface area contributed by atoms with E-state index in [2.05, 4.69) is 10.4 Å². The third-order valence-electron chi connectivity index (χ3n) is 4.63. The lowest BCUT2D eigenvalue weighted by molar-refractivity contribution is -0.116. The topological polar surface area (TPSA) is 59.4 Å². The first-order valence-electron chi connectivity index (χ1n) is 9.36. The molecule has 0 aliphatic rings. The van der Waals surface area contributed by atoms with Crippen LogP contribution in [0.3, 0.4) is 0 Å². The van der Waals surface area contributed by atoms with Crippen molar-refractivity contribution in [3.05, 3.63) is 71.7 Å². The standard InChI is InChI=1S/C22H25FN4O2/c1-26(2)18-8-4-17(5-9-18)15-27-21(12-13-24-27)25-22(28)11-7-16-6-10-20(29-3)19(23)14-16/h4-6,8-10,12-14H,7,11,15H2,1-3H3,(H,25,28). The van der Waals surface area contributed by atoms with Gasteiger partial charge in [0.05, 0.1) is 19.9 Å². The van der Waals surface area contributed by atoms with Gasteiger partial charge in [0.1, 0.15) is 5.82 Å². The molecule has 3 rings (SSSR count). The molecule has 0 saturated heterocycles. The quantitative estimate of drug-likeness (QED) is 0.631. The highest BCUT2D eigenvalue weighted by Crippen LogP contribution is 2.19. The number of nitrogens with one attached hydrogen (secondary N) is 1. The maximum atomic E-state index is 13.8. The molecule has 1 aromatic heterocycles. The van der Waals surface area contributed by atoms with Crippen molar-refractivity contribution in [2.45, 2.75) is 19.4 Å². The number of halogens is 1.